The Morgan fingerprint density at radius 3 is 2.40 bits per heavy atom. The topological polar surface area (TPSA) is 58.4 Å². The molecule has 5 heteroatoms. The van der Waals surface area contributed by atoms with Gasteiger partial charge in [-0.2, -0.15) is 0 Å². The predicted molar refractivity (Wildman–Crippen MR) is 83.6 cm³/mol. The lowest BCUT2D eigenvalue weighted by atomic mass is 10.1. The summed E-state index contributed by atoms with van der Waals surface area (Å²) in [5, 5.41) is 3.85. The third-order valence-corrected chi connectivity index (χ3v) is 3.06. The van der Waals surface area contributed by atoms with E-state index < -0.39 is 0 Å². The standard InChI is InChI=1S/C15H16ClN3O/c1-19(2)15(20)13-8-5-11(17)9-14(13)18-12-6-3-10(16)4-7-12/h3-9,18H,17H2,1-2H3. The van der Waals surface area contributed by atoms with Crippen LogP contribution >= 0.6 is 11.6 Å². The van der Waals surface area contributed by atoms with Crippen LogP contribution in [-0.4, -0.2) is 24.9 Å². The molecule has 2 aromatic rings. The van der Waals surface area contributed by atoms with Crippen LogP contribution in [-0.2, 0) is 0 Å². The molecule has 0 aliphatic rings. The fourth-order valence-electron chi connectivity index (χ4n) is 1.78. The number of nitrogens with zero attached hydrogens (tertiary/aromatic N) is 1. The van der Waals surface area contributed by atoms with Crippen molar-refractivity contribution >= 4 is 34.6 Å². The Bertz CT molecular complexity index is 624. The quantitative estimate of drug-likeness (QED) is 0.852. The van der Waals surface area contributed by atoms with Crippen molar-refractivity contribution in [3.8, 4) is 0 Å². The molecule has 0 atom stereocenters. The molecule has 104 valence electrons. The number of hydrogen-bond acceptors (Lipinski definition) is 3. The van der Waals surface area contributed by atoms with E-state index >= 15 is 0 Å². The molecule has 4 nitrogen and oxygen atoms in total. The van der Waals surface area contributed by atoms with E-state index in [1.807, 2.05) is 12.1 Å². The van der Waals surface area contributed by atoms with Gasteiger partial charge < -0.3 is 16.0 Å². The summed E-state index contributed by atoms with van der Waals surface area (Å²) in [5.41, 5.74) is 8.47. The SMILES string of the molecule is CN(C)C(=O)c1ccc(N)cc1Nc1ccc(Cl)cc1. The number of amides is 1. The average Bonchev–Trinajstić information content (AvgIpc) is 2.41. The third kappa shape index (κ3) is 3.22. The molecule has 0 aliphatic carbocycles. The molecule has 1 amide bonds. The Balaban J connectivity index is 2.37. The van der Waals surface area contributed by atoms with Gasteiger partial charge in [-0.3, -0.25) is 4.79 Å². The number of nitrogen functional groups attached to an aromatic ring is 1. The van der Waals surface area contributed by atoms with Gasteiger partial charge in [-0.15, -0.1) is 0 Å². The summed E-state index contributed by atoms with van der Waals surface area (Å²) < 4.78 is 0. The Morgan fingerprint density at radius 1 is 1.15 bits per heavy atom. The number of carbonyl (C=O) groups is 1. The zero-order valence-corrected chi connectivity index (χ0v) is 12.1. The van der Waals surface area contributed by atoms with E-state index in [1.165, 1.54) is 4.90 Å². The number of hydrogen-bond donors (Lipinski definition) is 2. The average molecular weight is 290 g/mol. The van der Waals surface area contributed by atoms with Crippen LogP contribution in [0.5, 0.6) is 0 Å². The van der Waals surface area contributed by atoms with Crippen LogP contribution in [0.1, 0.15) is 10.4 Å². The van der Waals surface area contributed by atoms with E-state index in [4.69, 9.17) is 17.3 Å². The molecular formula is C15H16ClN3O. The van der Waals surface area contributed by atoms with Crippen LogP contribution in [0.4, 0.5) is 17.1 Å². The normalized spacial score (nSPS) is 10.2. The van der Waals surface area contributed by atoms with E-state index in [2.05, 4.69) is 5.32 Å². The van der Waals surface area contributed by atoms with Crippen molar-refractivity contribution < 1.29 is 4.79 Å². The van der Waals surface area contributed by atoms with Crippen molar-refractivity contribution in [3.05, 3.63) is 53.1 Å². The number of carbonyl (C=O) groups excluding carboxylic acids is 1. The van der Waals surface area contributed by atoms with Gasteiger partial charge in [-0.25, -0.2) is 0 Å². The summed E-state index contributed by atoms with van der Waals surface area (Å²) in [5.74, 6) is -0.0820. The van der Waals surface area contributed by atoms with Gasteiger partial charge in [0.25, 0.3) is 5.91 Å². The first-order chi connectivity index (χ1) is 9.47. The van der Waals surface area contributed by atoms with Gasteiger partial charge in [0.1, 0.15) is 0 Å². The smallest absolute Gasteiger partial charge is 0.255 e. The second-order valence-corrected chi connectivity index (χ2v) is 5.07. The highest BCUT2D eigenvalue weighted by atomic mass is 35.5. The summed E-state index contributed by atoms with van der Waals surface area (Å²) in [7, 11) is 3.43. The van der Waals surface area contributed by atoms with Crippen LogP contribution in [0.25, 0.3) is 0 Å². The van der Waals surface area contributed by atoms with Crippen molar-refractivity contribution in [2.75, 3.05) is 25.1 Å². The largest absolute Gasteiger partial charge is 0.399 e. The Kier molecular flexibility index (Phi) is 4.15. The maximum absolute atomic E-state index is 12.1. The first kappa shape index (κ1) is 14.2. The lowest BCUT2D eigenvalue weighted by molar-refractivity contribution is 0.0828. The van der Waals surface area contributed by atoms with Crippen molar-refractivity contribution in [2.24, 2.45) is 0 Å². The molecule has 0 aromatic heterocycles. The minimum Gasteiger partial charge on any atom is -0.399 e. The number of halogens is 1. The van der Waals surface area contributed by atoms with Crippen molar-refractivity contribution in [1.82, 2.24) is 4.90 Å². The minimum absolute atomic E-state index is 0.0820. The van der Waals surface area contributed by atoms with Crippen LogP contribution in [0.3, 0.4) is 0 Å². The molecule has 0 saturated carbocycles. The fourth-order valence-corrected chi connectivity index (χ4v) is 1.91. The summed E-state index contributed by atoms with van der Waals surface area (Å²) >= 11 is 5.85. The zero-order valence-electron chi connectivity index (χ0n) is 11.4. The number of nitrogens with one attached hydrogen (secondary N) is 1. The predicted octanol–water partition coefficient (Wildman–Crippen LogP) is 3.37. The second kappa shape index (κ2) is 5.84. The molecule has 0 heterocycles. The summed E-state index contributed by atoms with van der Waals surface area (Å²) in [6.45, 7) is 0. The lowest BCUT2D eigenvalue weighted by Crippen LogP contribution is -2.22. The van der Waals surface area contributed by atoms with Gasteiger partial charge in [0.05, 0.1) is 11.3 Å². The minimum atomic E-state index is -0.0820. The molecule has 2 aromatic carbocycles. The molecule has 2 rings (SSSR count). The maximum atomic E-state index is 12.1. The van der Waals surface area contributed by atoms with Gasteiger partial charge in [0.15, 0.2) is 0 Å². The van der Waals surface area contributed by atoms with Crippen molar-refractivity contribution in [3.63, 3.8) is 0 Å². The van der Waals surface area contributed by atoms with Gasteiger partial charge >= 0.3 is 0 Å². The number of benzene rings is 2. The van der Waals surface area contributed by atoms with Crippen molar-refractivity contribution in [2.45, 2.75) is 0 Å². The molecule has 0 radical (unpaired) electrons. The lowest BCUT2D eigenvalue weighted by Gasteiger charge is -2.16. The second-order valence-electron chi connectivity index (χ2n) is 4.64. The Labute approximate surface area is 123 Å². The highest BCUT2D eigenvalue weighted by Gasteiger charge is 2.13. The van der Waals surface area contributed by atoms with E-state index in [-0.39, 0.29) is 5.91 Å². The molecule has 0 fully saturated rings. The fraction of sp³-hybridized carbons (Fsp3) is 0.133. The van der Waals surface area contributed by atoms with E-state index in [9.17, 15) is 4.79 Å². The first-order valence-corrected chi connectivity index (χ1v) is 6.49. The molecule has 0 saturated heterocycles. The van der Waals surface area contributed by atoms with Gasteiger partial charge in [0, 0.05) is 30.5 Å². The van der Waals surface area contributed by atoms with Gasteiger partial charge in [-0.1, -0.05) is 11.6 Å². The Morgan fingerprint density at radius 2 is 1.80 bits per heavy atom. The van der Waals surface area contributed by atoms with E-state index in [1.54, 1.807) is 44.4 Å². The number of rotatable bonds is 3. The summed E-state index contributed by atoms with van der Waals surface area (Å²) in [6.07, 6.45) is 0. The molecule has 20 heavy (non-hydrogen) atoms. The summed E-state index contributed by atoms with van der Waals surface area (Å²) in [6, 6.07) is 12.4. The number of nitrogens with two attached hydrogens (primary N) is 1. The molecule has 0 spiro atoms. The van der Waals surface area contributed by atoms with Gasteiger partial charge in [-0.05, 0) is 42.5 Å². The van der Waals surface area contributed by atoms with Gasteiger partial charge in [0.2, 0.25) is 0 Å². The van der Waals surface area contributed by atoms with E-state index in [0.717, 1.165) is 5.69 Å². The highest BCUT2D eigenvalue weighted by Crippen LogP contribution is 2.25. The first-order valence-electron chi connectivity index (χ1n) is 6.11. The highest BCUT2D eigenvalue weighted by molar-refractivity contribution is 6.30. The molecule has 0 unspecified atom stereocenters. The summed E-state index contributed by atoms with van der Waals surface area (Å²) in [4.78, 5) is 13.7. The van der Waals surface area contributed by atoms with Crippen LogP contribution < -0.4 is 11.1 Å². The third-order valence-electron chi connectivity index (χ3n) is 2.80. The maximum Gasteiger partial charge on any atom is 0.255 e. The molecule has 0 bridgehead atoms. The number of anilines is 3. The van der Waals surface area contributed by atoms with Crippen molar-refractivity contribution in [1.29, 1.82) is 0 Å². The van der Waals surface area contributed by atoms with Crippen LogP contribution in [0.2, 0.25) is 5.02 Å². The monoisotopic (exact) mass is 289 g/mol. The molecule has 0 aliphatic heterocycles. The van der Waals surface area contributed by atoms with Crippen LogP contribution in [0, 0.1) is 0 Å². The Hall–Kier alpha value is -2.20. The molecule has 3 N–H and O–H groups in total. The van der Waals surface area contributed by atoms with E-state index in [0.29, 0.717) is 22.0 Å². The zero-order chi connectivity index (χ0) is 14.7. The van der Waals surface area contributed by atoms with Crippen LogP contribution in [0.15, 0.2) is 42.5 Å². The molecular weight excluding hydrogens is 274 g/mol.